The monoisotopic (exact) mass is 401 g/mol. The van der Waals surface area contributed by atoms with E-state index in [0.717, 1.165) is 64.7 Å². The molecule has 0 radical (unpaired) electrons. The summed E-state index contributed by atoms with van der Waals surface area (Å²) in [5.74, 6) is 0.949. The van der Waals surface area contributed by atoms with Crippen LogP contribution in [-0.2, 0) is 11.3 Å². The summed E-state index contributed by atoms with van der Waals surface area (Å²) in [6, 6.07) is 11.9. The van der Waals surface area contributed by atoms with Gasteiger partial charge in [-0.2, -0.15) is 0 Å². The molecule has 2 unspecified atom stereocenters. The lowest BCUT2D eigenvalue weighted by atomic mass is 9.97. The van der Waals surface area contributed by atoms with E-state index in [-0.39, 0.29) is 0 Å². The number of ether oxygens (including phenoxy) is 1. The molecule has 0 aliphatic carbocycles. The van der Waals surface area contributed by atoms with Crippen LogP contribution in [0.2, 0.25) is 0 Å². The smallest absolute Gasteiger partial charge is 0.191 e. The SMILES string of the molecule is CN=C(NCCCCN1CCOCC1)NC1CCN(Cc2ccccc2)C(C)C1. The minimum Gasteiger partial charge on any atom is -0.379 e. The van der Waals surface area contributed by atoms with Crippen molar-refractivity contribution in [2.45, 2.75) is 51.2 Å². The number of rotatable bonds is 8. The molecule has 2 atom stereocenters. The lowest BCUT2D eigenvalue weighted by molar-refractivity contribution is 0.0372. The van der Waals surface area contributed by atoms with Crippen molar-refractivity contribution in [3.63, 3.8) is 0 Å². The van der Waals surface area contributed by atoms with Crippen LogP contribution in [0.1, 0.15) is 38.2 Å². The molecule has 2 fully saturated rings. The van der Waals surface area contributed by atoms with Gasteiger partial charge in [0.15, 0.2) is 5.96 Å². The summed E-state index contributed by atoms with van der Waals surface area (Å²) in [4.78, 5) is 9.53. The Morgan fingerprint density at radius 2 is 1.93 bits per heavy atom. The molecular weight excluding hydrogens is 362 g/mol. The summed E-state index contributed by atoms with van der Waals surface area (Å²) in [5, 5.41) is 7.15. The standard InChI is InChI=1S/C23H39N5O/c1-20-18-22(10-13-28(20)19-21-8-4-3-5-9-21)26-23(24-2)25-11-6-7-12-27-14-16-29-17-15-27/h3-5,8-9,20,22H,6-7,10-19H2,1-2H3,(H2,24,25,26). The van der Waals surface area contributed by atoms with Gasteiger partial charge in [0.05, 0.1) is 13.2 Å². The van der Waals surface area contributed by atoms with Gasteiger partial charge in [0.1, 0.15) is 0 Å². The van der Waals surface area contributed by atoms with Crippen LogP contribution in [0.25, 0.3) is 0 Å². The Bertz CT molecular complexity index is 603. The number of guanidine groups is 1. The average Bonchev–Trinajstić information content (AvgIpc) is 2.76. The first-order chi connectivity index (χ1) is 14.2. The molecule has 2 N–H and O–H groups in total. The van der Waals surface area contributed by atoms with Crippen LogP contribution >= 0.6 is 0 Å². The van der Waals surface area contributed by atoms with Crippen LogP contribution in [-0.4, -0.2) is 80.8 Å². The third-order valence-corrected chi connectivity index (χ3v) is 6.10. The summed E-state index contributed by atoms with van der Waals surface area (Å²) in [5.41, 5.74) is 1.40. The third-order valence-electron chi connectivity index (χ3n) is 6.10. The van der Waals surface area contributed by atoms with Crippen molar-refractivity contribution < 1.29 is 4.74 Å². The number of piperidine rings is 1. The third kappa shape index (κ3) is 7.61. The van der Waals surface area contributed by atoms with Crippen LogP contribution in [0.4, 0.5) is 0 Å². The normalized spacial score (nSPS) is 24.4. The van der Waals surface area contributed by atoms with Crippen molar-refractivity contribution >= 4 is 5.96 Å². The highest BCUT2D eigenvalue weighted by atomic mass is 16.5. The molecule has 0 amide bonds. The van der Waals surface area contributed by atoms with Crippen LogP contribution in [0.3, 0.4) is 0 Å². The van der Waals surface area contributed by atoms with E-state index in [9.17, 15) is 0 Å². The van der Waals surface area contributed by atoms with E-state index in [0.29, 0.717) is 12.1 Å². The molecule has 2 aliphatic rings. The molecule has 2 aliphatic heterocycles. The Morgan fingerprint density at radius 1 is 1.14 bits per heavy atom. The highest BCUT2D eigenvalue weighted by Gasteiger charge is 2.25. The molecular formula is C23H39N5O. The molecule has 0 spiro atoms. The first-order valence-electron chi connectivity index (χ1n) is 11.3. The second-order valence-corrected chi connectivity index (χ2v) is 8.33. The number of aliphatic imine (C=N–C) groups is 1. The first kappa shape index (κ1) is 22.1. The van der Waals surface area contributed by atoms with E-state index in [1.807, 2.05) is 7.05 Å². The number of unbranched alkanes of at least 4 members (excludes halogenated alkanes) is 1. The van der Waals surface area contributed by atoms with Crippen molar-refractivity contribution in [1.82, 2.24) is 20.4 Å². The minimum absolute atomic E-state index is 0.497. The van der Waals surface area contributed by atoms with Crippen LogP contribution in [0.5, 0.6) is 0 Å². The fourth-order valence-corrected chi connectivity index (χ4v) is 4.28. The quantitative estimate of drug-likeness (QED) is 0.398. The van der Waals surface area contributed by atoms with Gasteiger partial charge in [0, 0.05) is 51.9 Å². The first-order valence-corrected chi connectivity index (χ1v) is 11.3. The minimum atomic E-state index is 0.497. The highest BCUT2D eigenvalue weighted by molar-refractivity contribution is 5.79. The summed E-state index contributed by atoms with van der Waals surface area (Å²) in [6.45, 7) is 10.6. The Morgan fingerprint density at radius 3 is 2.66 bits per heavy atom. The van der Waals surface area contributed by atoms with Gasteiger partial charge in [0.25, 0.3) is 0 Å². The predicted molar refractivity (Wildman–Crippen MR) is 120 cm³/mol. The van der Waals surface area contributed by atoms with E-state index in [1.165, 1.54) is 24.9 Å². The van der Waals surface area contributed by atoms with Crippen molar-refractivity contribution in [2.24, 2.45) is 4.99 Å². The van der Waals surface area contributed by atoms with E-state index in [2.05, 4.69) is 62.7 Å². The number of benzene rings is 1. The molecule has 0 saturated carbocycles. The van der Waals surface area contributed by atoms with Gasteiger partial charge >= 0.3 is 0 Å². The summed E-state index contributed by atoms with van der Waals surface area (Å²) >= 11 is 0. The van der Waals surface area contributed by atoms with Crippen LogP contribution in [0.15, 0.2) is 35.3 Å². The van der Waals surface area contributed by atoms with Gasteiger partial charge in [-0.05, 0) is 44.7 Å². The Labute approximate surface area is 176 Å². The van der Waals surface area contributed by atoms with Gasteiger partial charge in [0.2, 0.25) is 0 Å². The van der Waals surface area contributed by atoms with Crippen molar-refractivity contribution in [3.05, 3.63) is 35.9 Å². The maximum absolute atomic E-state index is 5.41. The number of hydrogen-bond acceptors (Lipinski definition) is 4. The maximum Gasteiger partial charge on any atom is 0.191 e. The Balaban J connectivity index is 1.31. The van der Waals surface area contributed by atoms with E-state index in [4.69, 9.17) is 4.74 Å². The molecule has 0 aromatic heterocycles. The zero-order valence-corrected chi connectivity index (χ0v) is 18.3. The Hall–Kier alpha value is -1.63. The van der Waals surface area contributed by atoms with Gasteiger partial charge in [-0.15, -0.1) is 0 Å². The zero-order valence-electron chi connectivity index (χ0n) is 18.3. The molecule has 2 heterocycles. The predicted octanol–water partition coefficient (Wildman–Crippen LogP) is 2.32. The van der Waals surface area contributed by atoms with E-state index >= 15 is 0 Å². The van der Waals surface area contributed by atoms with Crippen molar-refractivity contribution in [3.8, 4) is 0 Å². The summed E-state index contributed by atoms with van der Waals surface area (Å²) < 4.78 is 5.41. The lowest BCUT2D eigenvalue weighted by Gasteiger charge is -2.38. The fraction of sp³-hybridized carbons (Fsp3) is 0.696. The number of morpholine rings is 1. The summed E-state index contributed by atoms with van der Waals surface area (Å²) in [7, 11) is 1.87. The topological polar surface area (TPSA) is 52.1 Å². The van der Waals surface area contributed by atoms with Crippen LogP contribution in [0, 0.1) is 0 Å². The zero-order chi connectivity index (χ0) is 20.3. The molecule has 6 heteroatoms. The van der Waals surface area contributed by atoms with Gasteiger partial charge in [-0.3, -0.25) is 14.8 Å². The second-order valence-electron chi connectivity index (χ2n) is 8.33. The molecule has 1 aromatic rings. The molecule has 162 valence electrons. The van der Waals surface area contributed by atoms with Crippen molar-refractivity contribution in [2.75, 3.05) is 53.0 Å². The maximum atomic E-state index is 5.41. The fourth-order valence-electron chi connectivity index (χ4n) is 4.28. The average molecular weight is 402 g/mol. The van der Waals surface area contributed by atoms with E-state index < -0.39 is 0 Å². The molecule has 2 saturated heterocycles. The molecule has 3 rings (SSSR count). The number of nitrogens with one attached hydrogen (secondary N) is 2. The summed E-state index contributed by atoms with van der Waals surface area (Å²) in [6.07, 6.45) is 4.71. The van der Waals surface area contributed by atoms with E-state index in [1.54, 1.807) is 0 Å². The number of hydrogen-bond donors (Lipinski definition) is 2. The van der Waals surface area contributed by atoms with Crippen LogP contribution < -0.4 is 10.6 Å². The van der Waals surface area contributed by atoms with Gasteiger partial charge < -0.3 is 15.4 Å². The molecule has 6 nitrogen and oxygen atoms in total. The highest BCUT2D eigenvalue weighted by Crippen LogP contribution is 2.19. The molecule has 29 heavy (non-hydrogen) atoms. The van der Waals surface area contributed by atoms with Gasteiger partial charge in [-0.1, -0.05) is 30.3 Å². The Kier molecular flexibility index (Phi) is 9.25. The number of likely N-dealkylation sites (tertiary alicyclic amines) is 1. The largest absolute Gasteiger partial charge is 0.379 e. The van der Waals surface area contributed by atoms with Crippen molar-refractivity contribution in [1.29, 1.82) is 0 Å². The second kappa shape index (κ2) is 12.2. The number of nitrogens with zero attached hydrogens (tertiary/aromatic N) is 3. The molecule has 0 bridgehead atoms. The van der Waals surface area contributed by atoms with Gasteiger partial charge in [-0.25, -0.2) is 0 Å². The lowest BCUT2D eigenvalue weighted by Crippen LogP contribution is -2.51. The molecule has 1 aromatic carbocycles.